The van der Waals surface area contributed by atoms with E-state index in [-0.39, 0.29) is 0 Å². The first-order valence-electron chi connectivity index (χ1n) is 6.56. The SMILES string of the molecule is CSCC(C)N(C)Cc1ccc(C(C)CN)cc1. The van der Waals surface area contributed by atoms with Crippen molar-refractivity contribution < 1.29 is 0 Å². The van der Waals surface area contributed by atoms with Gasteiger partial charge in [-0.1, -0.05) is 31.2 Å². The van der Waals surface area contributed by atoms with Crippen molar-refractivity contribution in [3.8, 4) is 0 Å². The summed E-state index contributed by atoms with van der Waals surface area (Å²) in [7, 11) is 2.19. The van der Waals surface area contributed by atoms with Crippen LogP contribution in [0.25, 0.3) is 0 Å². The highest BCUT2D eigenvalue weighted by Gasteiger charge is 2.09. The molecule has 1 rings (SSSR count). The number of nitrogens with zero attached hydrogens (tertiary/aromatic N) is 1. The van der Waals surface area contributed by atoms with Crippen molar-refractivity contribution in [2.45, 2.75) is 32.4 Å². The molecule has 2 unspecified atom stereocenters. The Hall–Kier alpha value is -0.510. The molecule has 0 aliphatic carbocycles. The van der Waals surface area contributed by atoms with Gasteiger partial charge >= 0.3 is 0 Å². The van der Waals surface area contributed by atoms with Crippen molar-refractivity contribution in [3.63, 3.8) is 0 Å². The minimum absolute atomic E-state index is 0.451. The molecule has 0 amide bonds. The van der Waals surface area contributed by atoms with Gasteiger partial charge in [0.1, 0.15) is 0 Å². The summed E-state index contributed by atoms with van der Waals surface area (Å²) in [6.07, 6.45) is 2.16. The fraction of sp³-hybridized carbons (Fsp3) is 0.600. The molecule has 0 aliphatic heterocycles. The second-order valence-corrected chi connectivity index (χ2v) is 6.01. The van der Waals surface area contributed by atoms with Crippen LogP contribution < -0.4 is 5.73 Å². The minimum Gasteiger partial charge on any atom is -0.330 e. The first-order chi connectivity index (χ1) is 8.58. The van der Waals surface area contributed by atoms with Gasteiger partial charge in [0, 0.05) is 18.3 Å². The van der Waals surface area contributed by atoms with Crippen LogP contribution in [0.3, 0.4) is 0 Å². The summed E-state index contributed by atoms with van der Waals surface area (Å²) in [5.74, 6) is 1.63. The summed E-state index contributed by atoms with van der Waals surface area (Å²) in [5, 5.41) is 0. The molecule has 1 aromatic rings. The highest BCUT2D eigenvalue weighted by Crippen LogP contribution is 2.16. The highest BCUT2D eigenvalue weighted by atomic mass is 32.2. The number of thioether (sulfide) groups is 1. The van der Waals surface area contributed by atoms with Crippen LogP contribution in [0.4, 0.5) is 0 Å². The Balaban J connectivity index is 2.58. The molecular weight excluding hydrogens is 240 g/mol. The van der Waals surface area contributed by atoms with E-state index in [9.17, 15) is 0 Å². The Kier molecular flexibility index (Phi) is 6.76. The molecule has 102 valence electrons. The number of rotatable bonds is 7. The van der Waals surface area contributed by atoms with Gasteiger partial charge in [-0.05, 0) is 43.8 Å². The average molecular weight is 266 g/mol. The molecule has 0 aromatic heterocycles. The monoisotopic (exact) mass is 266 g/mol. The van der Waals surface area contributed by atoms with Crippen LogP contribution in [-0.4, -0.2) is 36.5 Å². The van der Waals surface area contributed by atoms with Crippen LogP contribution in [0, 0.1) is 0 Å². The minimum atomic E-state index is 0.451. The zero-order valence-corrected chi connectivity index (χ0v) is 12.8. The van der Waals surface area contributed by atoms with Gasteiger partial charge in [0.2, 0.25) is 0 Å². The molecule has 0 fully saturated rings. The maximum atomic E-state index is 5.69. The van der Waals surface area contributed by atoms with Crippen LogP contribution >= 0.6 is 11.8 Å². The third-order valence-electron chi connectivity index (χ3n) is 3.49. The Morgan fingerprint density at radius 1 is 1.22 bits per heavy atom. The predicted molar refractivity (Wildman–Crippen MR) is 83.2 cm³/mol. The number of hydrogen-bond donors (Lipinski definition) is 1. The van der Waals surface area contributed by atoms with E-state index < -0.39 is 0 Å². The highest BCUT2D eigenvalue weighted by molar-refractivity contribution is 7.98. The van der Waals surface area contributed by atoms with E-state index >= 15 is 0 Å². The average Bonchev–Trinajstić information content (AvgIpc) is 2.39. The van der Waals surface area contributed by atoms with Crippen LogP contribution in [0.2, 0.25) is 0 Å². The first-order valence-corrected chi connectivity index (χ1v) is 7.96. The summed E-state index contributed by atoms with van der Waals surface area (Å²) >= 11 is 1.90. The molecule has 2 atom stereocenters. The molecule has 18 heavy (non-hydrogen) atoms. The molecule has 2 nitrogen and oxygen atoms in total. The van der Waals surface area contributed by atoms with E-state index in [0.717, 1.165) is 6.54 Å². The third-order valence-corrected chi connectivity index (χ3v) is 4.31. The van der Waals surface area contributed by atoms with Crippen molar-refractivity contribution in [2.75, 3.05) is 25.6 Å². The van der Waals surface area contributed by atoms with E-state index in [4.69, 9.17) is 5.73 Å². The lowest BCUT2D eigenvalue weighted by Gasteiger charge is -2.24. The molecular formula is C15H26N2S. The second-order valence-electron chi connectivity index (χ2n) is 5.10. The standard InChI is InChI=1S/C15H26N2S/c1-12(9-16)15-7-5-14(6-8-15)10-17(3)13(2)11-18-4/h5-8,12-13H,9-11,16H2,1-4H3. The van der Waals surface area contributed by atoms with Gasteiger partial charge in [-0.2, -0.15) is 11.8 Å². The summed E-state index contributed by atoms with van der Waals surface area (Å²) in [6, 6.07) is 9.48. The summed E-state index contributed by atoms with van der Waals surface area (Å²) in [5.41, 5.74) is 8.39. The molecule has 0 heterocycles. The van der Waals surface area contributed by atoms with Crippen LogP contribution in [-0.2, 0) is 6.54 Å². The van der Waals surface area contributed by atoms with Crippen molar-refractivity contribution in [1.29, 1.82) is 0 Å². The van der Waals surface area contributed by atoms with Crippen molar-refractivity contribution >= 4 is 11.8 Å². The lowest BCUT2D eigenvalue weighted by atomic mass is 10.00. The fourth-order valence-electron chi connectivity index (χ4n) is 1.90. The summed E-state index contributed by atoms with van der Waals surface area (Å²) < 4.78 is 0. The molecule has 0 spiro atoms. The van der Waals surface area contributed by atoms with Crippen molar-refractivity contribution in [3.05, 3.63) is 35.4 Å². The van der Waals surface area contributed by atoms with Crippen LogP contribution in [0.5, 0.6) is 0 Å². The molecule has 0 saturated carbocycles. The quantitative estimate of drug-likeness (QED) is 0.823. The van der Waals surface area contributed by atoms with Gasteiger partial charge < -0.3 is 5.73 Å². The maximum absolute atomic E-state index is 5.69. The smallest absolute Gasteiger partial charge is 0.0233 e. The largest absolute Gasteiger partial charge is 0.330 e. The predicted octanol–water partition coefficient (Wildman–Crippen LogP) is 2.93. The molecule has 0 saturated heterocycles. The Morgan fingerprint density at radius 2 is 1.83 bits per heavy atom. The molecule has 0 bridgehead atoms. The van der Waals surface area contributed by atoms with Crippen LogP contribution in [0.1, 0.15) is 30.9 Å². The summed E-state index contributed by atoms with van der Waals surface area (Å²) in [6.45, 7) is 6.17. The van der Waals surface area contributed by atoms with E-state index in [2.05, 4.69) is 56.3 Å². The lowest BCUT2D eigenvalue weighted by Crippen LogP contribution is -2.30. The lowest BCUT2D eigenvalue weighted by molar-refractivity contribution is 0.269. The maximum Gasteiger partial charge on any atom is 0.0233 e. The Morgan fingerprint density at radius 3 is 2.33 bits per heavy atom. The topological polar surface area (TPSA) is 29.3 Å². The molecule has 1 aromatic carbocycles. The van der Waals surface area contributed by atoms with Gasteiger partial charge in [-0.25, -0.2) is 0 Å². The number of nitrogens with two attached hydrogens (primary N) is 1. The van der Waals surface area contributed by atoms with Crippen LogP contribution in [0.15, 0.2) is 24.3 Å². The Bertz CT molecular complexity index is 337. The zero-order valence-electron chi connectivity index (χ0n) is 12.0. The van der Waals surface area contributed by atoms with E-state index in [0.29, 0.717) is 18.5 Å². The second kappa shape index (κ2) is 7.82. The van der Waals surface area contributed by atoms with Crippen molar-refractivity contribution in [1.82, 2.24) is 4.90 Å². The fourth-order valence-corrected chi connectivity index (χ4v) is 2.64. The van der Waals surface area contributed by atoms with E-state index in [1.54, 1.807) is 0 Å². The first kappa shape index (κ1) is 15.5. The van der Waals surface area contributed by atoms with Gasteiger partial charge in [-0.15, -0.1) is 0 Å². The van der Waals surface area contributed by atoms with E-state index in [1.165, 1.54) is 16.9 Å². The Labute approximate surface area is 116 Å². The van der Waals surface area contributed by atoms with Gasteiger partial charge in [-0.3, -0.25) is 4.90 Å². The van der Waals surface area contributed by atoms with Gasteiger partial charge in [0.25, 0.3) is 0 Å². The number of hydrogen-bond acceptors (Lipinski definition) is 3. The molecule has 0 radical (unpaired) electrons. The van der Waals surface area contributed by atoms with Gasteiger partial charge in [0.15, 0.2) is 0 Å². The molecule has 0 aliphatic rings. The zero-order chi connectivity index (χ0) is 13.5. The molecule has 2 N–H and O–H groups in total. The number of benzene rings is 1. The normalized spacial score (nSPS) is 14.8. The summed E-state index contributed by atoms with van der Waals surface area (Å²) in [4.78, 5) is 2.40. The third kappa shape index (κ3) is 4.63. The van der Waals surface area contributed by atoms with Crippen molar-refractivity contribution in [2.24, 2.45) is 5.73 Å². The van der Waals surface area contributed by atoms with Gasteiger partial charge in [0.05, 0.1) is 0 Å². The van der Waals surface area contributed by atoms with E-state index in [1.807, 2.05) is 11.8 Å². The molecule has 3 heteroatoms.